The van der Waals surface area contributed by atoms with Gasteiger partial charge in [-0.2, -0.15) is 0 Å². The first-order chi connectivity index (χ1) is 39.1. The van der Waals surface area contributed by atoms with Crippen LogP contribution in [0.15, 0.2) is 279 Å². The predicted molar refractivity (Wildman–Crippen MR) is 331 cm³/mol. The van der Waals surface area contributed by atoms with Crippen LogP contribution in [-0.4, -0.2) is 4.57 Å². The molecule has 11 aromatic carbocycles. The molecule has 12 aromatic rings. The normalized spacial score (nSPS) is 18.7. The van der Waals surface area contributed by atoms with E-state index in [0.717, 1.165) is 40.5 Å². The Balaban J connectivity index is 0.681. The van der Waals surface area contributed by atoms with Crippen molar-refractivity contribution in [3.63, 3.8) is 0 Å². The van der Waals surface area contributed by atoms with Gasteiger partial charge in [-0.15, -0.1) is 0 Å². The first-order valence-corrected chi connectivity index (χ1v) is 28.7. The van der Waals surface area contributed by atoms with Crippen LogP contribution in [0.1, 0.15) is 66.7 Å². The number of rotatable bonds is 12. The summed E-state index contributed by atoms with van der Waals surface area (Å²) in [7, 11) is 0. The van der Waals surface area contributed by atoms with Crippen LogP contribution >= 0.6 is 0 Å². The second-order valence-electron chi connectivity index (χ2n) is 23.1. The molecule has 0 spiro atoms. The lowest BCUT2D eigenvalue weighted by molar-refractivity contribution is -0.00518. The Morgan fingerprint density at radius 1 is 0.304 bits per heavy atom. The van der Waals surface area contributed by atoms with Crippen LogP contribution in [0.2, 0.25) is 0 Å². The van der Waals surface area contributed by atoms with E-state index in [-0.39, 0.29) is 5.92 Å². The minimum absolute atomic E-state index is 0.0835. The van der Waals surface area contributed by atoms with Crippen LogP contribution in [0.4, 0.5) is 17.1 Å². The van der Waals surface area contributed by atoms with Gasteiger partial charge in [0.15, 0.2) is 0 Å². The zero-order valence-electron chi connectivity index (χ0n) is 44.5. The van der Waals surface area contributed by atoms with Gasteiger partial charge in [0.1, 0.15) is 0 Å². The highest BCUT2D eigenvalue weighted by molar-refractivity contribution is 6.09. The molecule has 1 unspecified atom stereocenters. The van der Waals surface area contributed by atoms with Crippen LogP contribution in [0.3, 0.4) is 0 Å². The highest BCUT2D eigenvalue weighted by Crippen LogP contribution is 2.61. The van der Waals surface area contributed by atoms with E-state index in [0.29, 0.717) is 5.41 Å². The second-order valence-corrected chi connectivity index (χ2v) is 23.1. The monoisotopic (exact) mass is 1010 g/mol. The molecule has 1 atom stereocenters. The standard InChI is InChI=1S/C77H62N2/c1-3-11-56(12-4-1)57-23-29-64(30-24-57)76(66-33-27-61(28-34-66)62-35-39-67(40-36-62)77-50-53-47-54(51-77)49-55(48-53)52-77)65-31-25-60(26-32-65)58-19-21-59(22-20-58)63-37-41-69(42-38-63)78(68-13-5-2-6-14-68)70-43-45-71(46-44-70)79-74-17-9-7-15-72(74)73-16-8-10-18-75(73)79/h1-46,53-55,76H,47-52H2. The Morgan fingerprint density at radius 2 is 0.620 bits per heavy atom. The van der Waals surface area contributed by atoms with Crippen LogP contribution < -0.4 is 4.90 Å². The molecule has 4 aliphatic carbocycles. The van der Waals surface area contributed by atoms with Gasteiger partial charge in [-0.05, 0) is 189 Å². The quantitative estimate of drug-likeness (QED) is 0.111. The lowest BCUT2D eigenvalue weighted by atomic mass is 9.48. The van der Waals surface area contributed by atoms with E-state index in [9.17, 15) is 0 Å². The third-order valence-electron chi connectivity index (χ3n) is 18.3. The molecule has 0 radical (unpaired) electrons. The smallest absolute Gasteiger partial charge is 0.0541 e. The number of nitrogens with zero attached hydrogens (tertiary/aromatic N) is 2. The number of para-hydroxylation sites is 3. The fourth-order valence-electron chi connectivity index (χ4n) is 14.9. The van der Waals surface area contributed by atoms with Gasteiger partial charge in [0.05, 0.1) is 11.0 Å². The highest BCUT2D eigenvalue weighted by atomic mass is 15.1. The van der Waals surface area contributed by atoms with Gasteiger partial charge in [0, 0.05) is 39.4 Å². The third kappa shape index (κ3) is 8.77. The Hall–Kier alpha value is -8.98. The molecule has 380 valence electrons. The summed E-state index contributed by atoms with van der Waals surface area (Å²) in [6.45, 7) is 0. The van der Waals surface area contributed by atoms with Gasteiger partial charge >= 0.3 is 0 Å². The SMILES string of the molecule is c1ccc(-c2ccc(C(c3ccc(-c4ccc(-c5ccc(N(c6ccccc6)c6ccc(-n7c8ccccc8c8ccccc87)cc6)cc5)cc4)cc3)c3ccc(-c4ccc(C56CC7CC(CC(C7)C5)C6)cc4)cc3)cc2)cc1. The van der Waals surface area contributed by atoms with Gasteiger partial charge in [-0.3, -0.25) is 0 Å². The summed E-state index contributed by atoms with van der Waals surface area (Å²) in [4.78, 5) is 2.34. The van der Waals surface area contributed by atoms with Crippen LogP contribution in [0.5, 0.6) is 0 Å². The summed E-state index contributed by atoms with van der Waals surface area (Å²) >= 11 is 0. The molecule has 4 fully saturated rings. The summed E-state index contributed by atoms with van der Waals surface area (Å²) < 4.78 is 2.37. The van der Waals surface area contributed by atoms with Crippen molar-refractivity contribution in [2.24, 2.45) is 17.8 Å². The van der Waals surface area contributed by atoms with Crippen molar-refractivity contribution in [2.75, 3.05) is 4.90 Å². The van der Waals surface area contributed by atoms with Gasteiger partial charge in [-0.25, -0.2) is 0 Å². The summed E-state index contributed by atoms with van der Waals surface area (Å²) in [6.07, 6.45) is 8.67. The zero-order valence-corrected chi connectivity index (χ0v) is 44.5. The molecule has 2 heteroatoms. The van der Waals surface area contributed by atoms with Crippen molar-refractivity contribution in [3.8, 4) is 50.2 Å². The van der Waals surface area contributed by atoms with Crippen LogP contribution in [-0.2, 0) is 5.41 Å². The average Bonchev–Trinajstić information content (AvgIpc) is 4.09. The molecular weight excluding hydrogens is 953 g/mol. The van der Waals surface area contributed by atoms with Gasteiger partial charge in [0.25, 0.3) is 0 Å². The molecule has 1 heterocycles. The molecule has 0 amide bonds. The minimum Gasteiger partial charge on any atom is -0.311 e. The van der Waals surface area contributed by atoms with Crippen molar-refractivity contribution in [1.82, 2.24) is 4.57 Å². The van der Waals surface area contributed by atoms with E-state index in [4.69, 9.17) is 0 Å². The fraction of sp³-hybridized carbons (Fsp3) is 0.143. The molecule has 16 rings (SSSR count). The number of hydrogen-bond donors (Lipinski definition) is 0. The van der Waals surface area contributed by atoms with Crippen molar-refractivity contribution >= 4 is 38.9 Å². The minimum atomic E-state index is 0.0835. The number of fused-ring (bicyclic) bond motifs is 3. The molecule has 4 bridgehead atoms. The Morgan fingerprint density at radius 3 is 1.05 bits per heavy atom. The summed E-state index contributed by atoms with van der Waals surface area (Å²) in [5.74, 6) is 2.95. The van der Waals surface area contributed by atoms with Crippen LogP contribution in [0.25, 0.3) is 72.0 Å². The molecule has 0 N–H and O–H groups in total. The second kappa shape index (κ2) is 19.8. The molecule has 2 nitrogen and oxygen atoms in total. The Kier molecular flexibility index (Phi) is 11.8. The molecule has 0 aliphatic heterocycles. The largest absolute Gasteiger partial charge is 0.311 e. The van der Waals surface area contributed by atoms with Crippen molar-refractivity contribution in [3.05, 3.63) is 301 Å². The topological polar surface area (TPSA) is 8.17 Å². The van der Waals surface area contributed by atoms with Gasteiger partial charge in [0.2, 0.25) is 0 Å². The number of hydrogen-bond acceptors (Lipinski definition) is 1. The molecule has 4 aliphatic rings. The fourth-order valence-corrected chi connectivity index (χ4v) is 14.9. The maximum atomic E-state index is 2.48. The summed E-state index contributed by atoms with van der Waals surface area (Å²) in [5.41, 5.74) is 22.6. The van der Waals surface area contributed by atoms with E-state index in [2.05, 4.69) is 289 Å². The maximum absolute atomic E-state index is 2.48. The van der Waals surface area contributed by atoms with E-state index in [1.165, 1.54) is 122 Å². The van der Waals surface area contributed by atoms with E-state index >= 15 is 0 Å². The third-order valence-corrected chi connectivity index (χ3v) is 18.3. The van der Waals surface area contributed by atoms with Crippen molar-refractivity contribution in [2.45, 2.75) is 49.9 Å². The highest BCUT2D eigenvalue weighted by Gasteiger charge is 2.51. The average molecular weight is 1020 g/mol. The van der Waals surface area contributed by atoms with Crippen LogP contribution in [0, 0.1) is 17.8 Å². The number of aromatic nitrogens is 1. The molecule has 79 heavy (non-hydrogen) atoms. The van der Waals surface area contributed by atoms with Gasteiger partial charge in [-0.1, -0.05) is 218 Å². The molecular formula is C77H62N2. The maximum Gasteiger partial charge on any atom is 0.0541 e. The van der Waals surface area contributed by atoms with E-state index < -0.39 is 0 Å². The molecule has 4 saturated carbocycles. The summed E-state index contributed by atoms with van der Waals surface area (Å²) in [5, 5.41) is 2.53. The number of benzene rings is 11. The molecule has 0 saturated heterocycles. The summed E-state index contributed by atoms with van der Waals surface area (Å²) in [6, 6.07) is 103. The molecule has 1 aromatic heterocycles. The predicted octanol–water partition coefficient (Wildman–Crippen LogP) is 20.6. The van der Waals surface area contributed by atoms with E-state index in [1.54, 1.807) is 5.56 Å². The zero-order chi connectivity index (χ0) is 52.3. The Bertz CT molecular complexity index is 3990. The lowest BCUT2D eigenvalue weighted by Crippen LogP contribution is -2.48. The van der Waals surface area contributed by atoms with Gasteiger partial charge < -0.3 is 9.47 Å². The first-order valence-electron chi connectivity index (χ1n) is 28.7. The van der Waals surface area contributed by atoms with Crippen molar-refractivity contribution < 1.29 is 0 Å². The number of anilines is 3. The van der Waals surface area contributed by atoms with E-state index in [1.807, 2.05) is 0 Å². The van der Waals surface area contributed by atoms with Crippen molar-refractivity contribution in [1.29, 1.82) is 0 Å². The first kappa shape index (κ1) is 47.3. The lowest BCUT2D eigenvalue weighted by Gasteiger charge is -2.57. The Labute approximate surface area is 464 Å².